The largest absolute Gasteiger partial charge is 0.360 e. The van der Waals surface area contributed by atoms with E-state index in [1.54, 1.807) is 7.05 Å². The highest BCUT2D eigenvalue weighted by Gasteiger charge is 2.24. The fourth-order valence-corrected chi connectivity index (χ4v) is 3.14. The van der Waals surface area contributed by atoms with Gasteiger partial charge in [0, 0.05) is 26.2 Å². The highest BCUT2D eigenvalue weighted by Crippen LogP contribution is 2.20. The fourth-order valence-electron chi connectivity index (χ4n) is 2.65. The Balaban J connectivity index is 1.88. The van der Waals surface area contributed by atoms with Gasteiger partial charge in [0.25, 0.3) is 0 Å². The van der Waals surface area contributed by atoms with E-state index in [1.165, 1.54) is 10.6 Å². The van der Waals surface area contributed by atoms with Gasteiger partial charge in [-0.15, -0.1) is 0 Å². The van der Waals surface area contributed by atoms with Gasteiger partial charge >= 0.3 is 0 Å². The van der Waals surface area contributed by atoms with Crippen molar-refractivity contribution in [3.8, 4) is 0 Å². The smallest absolute Gasteiger partial charge is 0.210 e. The maximum absolute atomic E-state index is 11.5. The highest BCUT2D eigenvalue weighted by atomic mass is 32.2. The molecule has 1 atom stereocenters. The van der Waals surface area contributed by atoms with Crippen molar-refractivity contribution in [1.29, 1.82) is 0 Å². The van der Waals surface area contributed by atoms with Crippen molar-refractivity contribution in [1.82, 2.24) is 14.4 Å². The van der Waals surface area contributed by atoms with Crippen LogP contribution < -0.4 is 0 Å². The molecular weight excluding hydrogens is 278 g/mol. The van der Waals surface area contributed by atoms with Crippen LogP contribution in [0.2, 0.25) is 0 Å². The standard InChI is InChI=1S/C13H23N3O3S/c1-11-7-13(19-14-11)10-16-6-4-5-12(9-16)8-15(2)20(3,17)18/h7,12H,4-6,8-10H2,1-3H3. The molecule has 0 bridgehead atoms. The van der Waals surface area contributed by atoms with Gasteiger partial charge in [-0.05, 0) is 32.2 Å². The van der Waals surface area contributed by atoms with E-state index in [2.05, 4.69) is 10.1 Å². The molecular formula is C13H23N3O3S. The number of nitrogens with zero attached hydrogens (tertiary/aromatic N) is 3. The van der Waals surface area contributed by atoms with E-state index >= 15 is 0 Å². The lowest BCUT2D eigenvalue weighted by Crippen LogP contribution is -2.41. The zero-order chi connectivity index (χ0) is 14.8. The topological polar surface area (TPSA) is 66.7 Å². The average Bonchev–Trinajstić information content (AvgIpc) is 2.74. The van der Waals surface area contributed by atoms with Crippen LogP contribution in [0.5, 0.6) is 0 Å². The summed E-state index contributed by atoms with van der Waals surface area (Å²) >= 11 is 0. The summed E-state index contributed by atoms with van der Waals surface area (Å²) in [5.74, 6) is 1.26. The Morgan fingerprint density at radius 2 is 2.30 bits per heavy atom. The van der Waals surface area contributed by atoms with Gasteiger partial charge in [0.15, 0.2) is 5.76 Å². The second-order valence-electron chi connectivity index (χ2n) is 5.72. The number of piperidine rings is 1. The Bertz CT molecular complexity index is 541. The lowest BCUT2D eigenvalue weighted by Gasteiger charge is -2.33. The van der Waals surface area contributed by atoms with E-state index < -0.39 is 10.0 Å². The van der Waals surface area contributed by atoms with E-state index in [0.717, 1.165) is 43.9 Å². The first-order chi connectivity index (χ1) is 9.34. The van der Waals surface area contributed by atoms with Crippen molar-refractivity contribution in [2.24, 2.45) is 5.92 Å². The molecule has 6 nitrogen and oxygen atoms in total. The normalized spacial score (nSPS) is 21.5. The van der Waals surface area contributed by atoms with Gasteiger partial charge in [-0.25, -0.2) is 12.7 Å². The van der Waals surface area contributed by atoms with Crippen molar-refractivity contribution in [3.63, 3.8) is 0 Å². The molecule has 0 radical (unpaired) electrons. The predicted molar refractivity (Wildman–Crippen MR) is 76.7 cm³/mol. The monoisotopic (exact) mass is 301 g/mol. The van der Waals surface area contributed by atoms with Crippen molar-refractivity contribution < 1.29 is 12.9 Å². The zero-order valence-electron chi connectivity index (χ0n) is 12.4. The summed E-state index contributed by atoms with van der Waals surface area (Å²) in [6.07, 6.45) is 3.42. The van der Waals surface area contributed by atoms with Crippen molar-refractivity contribution in [3.05, 3.63) is 17.5 Å². The van der Waals surface area contributed by atoms with Crippen LogP contribution >= 0.6 is 0 Å². The summed E-state index contributed by atoms with van der Waals surface area (Å²) in [5, 5.41) is 3.89. The van der Waals surface area contributed by atoms with E-state index in [9.17, 15) is 8.42 Å². The Hall–Kier alpha value is -0.920. The molecule has 0 aromatic carbocycles. The van der Waals surface area contributed by atoms with Gasteiger partial charge in [-0.3, -0.25) is 4.90 Å². The van der Waals surface area contributed by atoms with Crippen LogP contribution in [-0.4, -0.2) is 55.7 Å². The molecule has 1 unspecified atom stereocenters. The SMILES string of the molecule is Cc1cc(CN2CCCC(CN(C)S(C)(=O)=O)C2)on1. The van der Waals surface area contributed by atoms with Crippen LogP contribution in [0.15, 0.2) is 10.6 Å². The summed E-state index contributed by atoms with van der Waals surface area (Å²) in [7, 11) is -1.44. The summed E-state index contributed by atoms with van der Waals surface area (Å²) in [5.41, 5.74) is 0.894. The molecule has 0 aliphatic carbocycles. The molecule has 1 aliphatic heterocycles. The highest BCUT2D eigenvalue weighted by molar-refractivity contribution is 7.88. The summed E-state index contributed by atoms with van der Waals surface area (Å²) < 4.78 is 29.6. The first-order valence-corrected chi connectivity index (χ1v) is 8.75. The third-order valence-corrected chi connectivity index (χ3v) is 5.02. The number of aromatic nitrogens is 1. The number of likely N-dealkylation sites (tertiary alicyclic amines) is 1. The Labute approximate surface area is 120 Å². The molecule has 0 saturated carbocycles. The minimum atomic E-state index is -3.09. The van der Waals surface area contributed by atoms with E-state index in [1.807, 2.05) is 13.0 Å². The van der Waals surface area contributed by atoms with Crippen LogP contribution in [0.4, 0.5) is 0 Å². The number of aryl methyl sites for hydroxylation is 1. The molecule has 1 fully saturated rings. The summed E-state index contributed by atoms with van der Waals surface area (Å²) in [6, 6.07) is 1.95. The van der Waals surface area contributed by atoms with Crippen LogP contribution in [0.3, 0.4) is 0 Å². The molecule has 0 N–H and O–H groups in total. The molecule has 7 heteroatoms. The lowest BCUT2D eigenvalue weighted by atomic mass is 9.98. The molecule has 1 aliphatic rings. The van der Waals surface area contributed by atoms with Crippen LogP contribution in [-0.2, 0) is 16.6 Å². The molecule has 114 valence electrons. The van der Waals surface area contributed by atoms with Gasteiger partial charge in [0.05, 0.1) is 18.5 Å². The maximum atomic E-state index is 11.5. The van der Waals surface area contributed by atoms with Crippen molar-refractivity contribution in [2.75, 3.05) is 32.9 Å². The van der Waals surface area contributed by atoms with Gasteiger partial charge < -0.3 is 4.52 Å². The molecule has 0 spiro atoms. The Morgan fingerprint density at radius 3 is 2.90 bits per heavy atom. The first-order valence-electron chi connectivity index (χ1n) is 6.90. The molecule has 1 aromatic heterocycles. The summed E-state index contributed by atoms with van der Waals surface area (Å²) in [4.78, 5) is 2.31. The third kappa shape index (κ3) is 4.29. The second kappa shape index (κ2) is 6.24. The van der Waals surface area contributed by atoms with Crippen LogP contribution in [0.25, 0.3) is 0 Å². The van der Waals surface area contributed by atoms with Crippen molar-refractivity contribution in [2.45, 2.75) is 26.3 Å². The number of hydrogen-bond acceptors (Lipinski definition) is 5. The maximum Gasteiger partial charge on any atom is 0.210 e. The van der Waals surface area contributed by atoms with Gasteiger partial charge in [0.2, 0.25) is 10.0 Å². The summed E-state index contributed by atoms with van der Waals surface area (Å²) in [6.45, 7) is 5.18. The first kappa shape index (κ1) is 15.5. The minimum Gasteiger partial charge on any atom is -0.360 e. The van der Waals surface area contributed by atoms with Gasteiger partial charge in [-0.1, -0.05) is 5.16 Å². The molecule has 2 heterocycles. The van der Waals surface area contributed by atoms with Crippen LogP contribution in [0, 0.1) is 12.8 Å². The zero-order valence-corrected chi connectivity index (χ0v) is 13.2. The quantitative estimate of drug-likeness (QED) is 0.814. The van der Waals surface area contributed by atoms with E-state index in [-0.39, 0.29) is 0 Å². The Morgan fingerprint density at radius 1 is 1.55 bits per heavy atom. The molecule has 2 rings (SSSR count). The molecule has 1 saturated heterocycles. The van der Waals surface area contributed by atoms with Crippen LogP contribution in [0.1, 0.15) is 24.3 Å². The molecule has 20 heavy (non-hydrogen) atoms. The predicted octanol–water partition coefficient (Wildman–Crippen LogP) is 1.09. The van der Waals surface area contributed by atoms with E-state index in [0.29, 0.717) is 12.5 Å². The van der Waals surface area contributed by atoms with E-state index in [4.69, 9.17) is 4.52 Å². The lowest BCUT2D eigenvalue weighted by molar-refractivity contribution is 0.142. The van der Waals surface area contributed by atoms with Crippen molar-refractivity contribution >= 4 is 10.0 Å². The second-order valence-corrected chi connectivity index (χ2v) is 7.81. The number of rotatable bonds is 5. The minimum absolute atomic E-state index is 0.382. The van der Waals surface area contributed by atoms with Gasteiger partial charge in [-0.2, -0.15) is 0 Å². The molecule has 0 amide bonds. The average molecular weight is 301 g/mol. The molecule has 1 aromatic rings. The third-order valence-electron chi connectivity index (χ3n) is 3.74. The fraction of sp³-hybridized carbons (Fsp3) is 0.769. The Kier molecular flexibility index (Phi) is 4.82. The number of sulfonamides is 1. The number of hydrogen-bond donors (Lipinski definition) is 0. The van der Waals surface area contributed by atoms with Gasteiger partial charge in [0.1, 0.15) is 0 Å².